The summed E-state index contributed by atoms with van der Waals surface area (Å²) in [4.78, 5) is 0. The van der Waals surface area contributed by atoms with Crippen molar-refractivity contribution in [2.24, 2.45) is 0 Å². The first-order valence-electron chi connectivity index (χ1n) is 6.43. The van der Waals surface area contributed by atoms with E-state index in [9.17, 15) is 0 Å². The summed E-state index contributed by atoms with van der Waals surface area (Å²) in [5.41, 5.74) is 0. The van der Waals surface area contributed by atoms with Gasteiger partial charge in [-0.3, -0.25) is 0 Å². The summed E-state index contributed by atoms with van der Waals surface area (Å²) in [5, 5.41) is 3.36. The van der Waals surface area contributed by atoms with Gasteiger partial charge in [0, 0.05) is 24.2 Å². The van der Waals surface area contributed by atoms with Crippen molar-refractivity contribution in [2.75, 3.05) is 26.3 Å². The maximum Gasteiger partial charge on any atom is 0.120 e. The summed E-state index contributed by atoms with van der Waals surface area (Å²) >= 11 is 3.43. The number of hydrogen-bond donors (Lipinski definition) is 1. The predicted octanol–water partition coefficient (Wildman–Crippen LogP) is 3.23. The van der Waals surface area contributed by atoms with Crippen molar-refractivity contribution >= 4 is 15.9 Å². The maximum absolute atomic E-state index is 5.80. The summed E-state index contributed by atoms with van der Waals surface area (Å²) in [7, 11) is 0. The summed E-state index contributed by atoms with van der Waals surface area (Å²) < 4.78 is 12.1. The smallest absolute Gasteiger partial charge is 0.120 e. The molecule has 102 valence electrons. The quantitative estimate of drug-likeness (QED) is 0.710. The fraction of sp³-hybridized carbons (Fsp3) is 0.571. The summed E-state index contributed by atoms with van der Waals surface area (Å²) in [5.74, 6) is 0.896. The van der Waals surface area contributed by atoms with Crippen LogP contribution in [0.1, 0.15) is 20.3 Å². The van der Waals surface area contributed by atoms with Crippen LogP contribution in [0, 0.1) is 0 Å². The number of halogens is 1. The van der Waals surface area contributed by atoms with Crippen LogP contribution in [0.3, 0.4) is 0 Å². The normalized spacial score (nSPS) is 12.4. The number of benzene rings is 1. The van der Waals surface area contributed by atoms with E-state index in [4.69, 9.17) is 9.47 Å². The molecule has 4 heteroatoms. The van der Waals surface area contributed by atoms with Crippen LogP contribution in [0.4, 0.5) is 0 Å². The molecular formula is C14H22BrNO2. The van der Waals surface area contributed by atoms with E-state index in [1.807, 2.05) is 31.2 Å². The van der Waals surface area contributed by atoms with Gasteiger partial charge in [-0.05, 0) is 45.0 Å². The first kappa shape index (κ1) is 15.5. The van der Waals surface area contributed by atoms with Crippen molar-refractivity contribution in [3.05, 3.63) is 28.7 Å². The van der Waals surface area contributed by atoms with Crippen LogP contribution in [0.15, 0.2) is 28.7 Å². The largest absolute Gasteiger partial charge is 0.489 e. The van der Waals surface area contributed by atoms with Gasteiger partial charge in [0.2, 0.25) is 0 Å². The number of nitrogens with one attached hydrogen (secondary N) is 1. The Kier molecular flexibility index (Phi) is 8.05. The molecule has 0 amide bonds. The topological polar surface area (TPSA) is 30.5 Å². The zero-order valence-electron chi connectivity index (χ0n) is 11.1. The molecule has 1 atom stereocenters. The highest BCUT2D eigenvalue weighted by Crippen LogP contribution is 2.18. The average Bonchev–Trinajstić information content (AvgIpc) is 2.33. The second kappa shape index (κ2) is 9.36. The van der Waals surface area contributed by atoms with Crippen LogP contribution in [0.25, 0.3) is 0 Å². The maximum atomic E-state index is 5.80. The van der Waals surface area contributed by atoms with Crippen LogP contribution in [-0.4, -0.2) is 32.4 Å². The highest BCUT2D eigenvalue weighted by molar-refractivity contribution is 9.10. The van der Waals surface area contributed by atoms with Gasteiger partial charge in [0.05, 0.1) is 0 Å². The van der Waals surface area contributed by atoms with Crippen LogP contribution >= 0.6 is 15.9 Å². The van der Waals surface area contributed by atoms with Crippen LogP contribution in [-0.2, 0) is 4.74 Å². The third kappa shape index (κ3) is 6.99. The number of hydrogen-bond acceptors (Lipinski definition) is 3. The van der Waals surface area contributed by atoms with Gasteiger partial charge in [0.15, 0.2) is 0 Å². The lowest BCUT2D eigenvalue weighted by molar-refractivity contribution is 0.143. The first-order chi connectivity index (χ1) is 8.72. The molecule has 0 saturated heterocycles. The van der Waals surface area contributed by atoms with Gasteiger partial charge in [-0.15, -0.1) is 0 Å². The highest BCUT2D eigenvalue weighted by Gasteiger charge is 2.03. The molecule has 0 heterocycles. The van der Waals surface area contributed by atoms with E-state index >= 15 is 0 Å². The van der Waals surface area contributed by atoms with Crippen molar-refractivity contribution in [3.8, 4) is 5.75 Å². The Morgan fingerprint density at radius 1 is 1.39 bits per heavy atom. The Balaban J connectivity index is 2.12. The van der Waals surface area contributed by atoms with Crippen molar-refractivity contribution in [3.63, 3.8) is 0 Å². The Bertz CT molecular complexity index is 333. The third-order valence-corrected chi connectivity index (χ3v) is 2.90. The molecule has 1 unspecified atom stereocenters. The standard InChI is InChI=1S/C14H22BrNO2/c1-3-17-9-5-8-16-11-12(2)18-14-7-4-6-13(15)10-14/h4,6-7,10,12,16H,3,5,8-9,11H2,1-2H3. The van der Waals surface area contributed by atoms with Gasteiger partial charge in [-0.2, -0.15) is 0 Å². The van der Waals surface area contributed by atoms with Crippen LogP contribution in [0.2, 0.25) is 0 Å². The minimum Gasteiger partial charge on any atom is -0.489 e. The summed E-state index contributed by atoms with van der Waals surface area (Å²) in [6.45, 7) is 7.51. The molecule has 3 nitrogen and oxygen atoms in total. The van der Waals surface area contributed by atoms with Crippen molar-refractivity contribution < 1.29 is 9.47 Å². The molecule has 1 aromatic carbocycles. The Morgan fingerprint density at radius 3 is 2.94 bits per heavy atom. The molecule has 0 saturated carbocycles. The molecule has 18 heavy (non-hydrogen) atoms. The molecule has 0 aromatic heterocycles. The zero-order valence-corrected chi connectivity index (χ0v) is 12.7. The lowest BCUT2D eigenvalue weighted by Gasteiger charge is -2.15. The molecule has 1 N–H and O–H groups in total. The SMILES string of the molecule is CCOCCCNCC(C)Oc1cccc(Br)c1. The third-order valence-electron chi connectivity index (χ3n) is 2.41. The van der Waals surface area contributed by atoms with Crippen molar-refractivity contribution in [1.29, 1.82) is 0 Å². The summed E-state index contributed by atoms with van der Waals surface area (Å²) in [6.07, 6.45) is 1.20. The second-order valence-electron chi connectivity index (χ2n) is 4.14. The molecular weight excluding hydrogens is 294 g/mol. The van der Waals surface area contributed by atoms with E-state index < -0.39 is 0 Å². The van der Waals surface area contributed by atoms with Crippen LogP contribution in [0.5, 0.6) is 5.75 Å². The molecule has 0 radical (unpaired) electrons. The van der Waals surface area contributed by atoms with E-state index in [-0.39, 0.29) is 6.10 Å². The Hall–Kier alpha value is -0.580. The van der Waals surface area contributed by atoms with Gasteiger partial charge in [0.1, 0.15) is 11.9 Å². The minimum absolute atomic E-state index is 0.159. The van der Waals surface area contributed by atoms with E-state index in [0.29, 0.717) is 0 Å². The minimum atomic E-state index is 0.159. The molecule has 1 rings (SSSR count). The number of rotatable bonds is 9. The molecule has 1 aromatic rings. The monoisotopic (exact) mass is 315 g/mol. The van der Waals surface area contributed by atoms with Gasteiger partial charge in [-0.1, -0.05) is 22.0 Å². The molecule has 0 aliphatic heterocycles. The fourth-order valence-electron chi connectivity index (χ4n) is 1.56. The predicted molar refractivity (Wildman–Crippen MR) is 78.2 cm³/mol. The fourth-order valence-corrected chi connectivity index (χ4v) is 1.94. The second-order valence-corrected chi connectivity index (χ2v) is 5.06. The Labute approximate surface area is 118 Å². The lowest BCUT2D eigenvalue weighted by Crippen LogP contribution is -2.30. The van der Waals surface area contributed by atoms with E-state index in [1.165, 1.54) is 0 Å². The van der Waals surface area contributed by atoms with Gasteiger partial charge in [0.25, 0.3) is 0 Å². The average molecular weight is 316 g/mol. The van der Waals surface area contributed by atoms with E-state index in [2.05, 4.69) is 28.2 Å². The van der Waals surface area contributed by atoms with Gasteiger partial charge in [-0.25, -0.2) is 0 Å². The van der Waals surface area contributed by atoms with Crippen molar-refractivity contribution in [2.45, 2.75) is 26.4 Å². The van der Waals surface area contributed by atoms with Gasteiger partial charge < -0.3 is 14.8 Å². The Morgan fingerprint density at radius 2 is 2.22 bits per heavy atom. The first-order valence-corrected chi connectivity index (χ1v) is 7.22. The van der Waals surface area contributed by atoms with Gasteiger partial charge >= 0.3 is 0 Å². The highest BCUT2D eigenvalue weighted by atomic mass is 79.9. The lowest BCUT2D eigenvalue weighted by atomic mass is 10.3. The van der Waals surface area contributed by atoms with E-state index in [1.54, 1.807) is 0 Å². The zero-order chi connectivity index (χ0) is 13.2. The molecule has 0 bridgehead atoms. The summed E-state index contributed by atoms with van der Waals surface area (Å²) in [6, 6.07) is 7.91. The molecule has 0 aliphatic rings. The molecule has 0 spiro atoms. The molecule has 0 fully saturated rings. The van der Waals surface area contributed by atoms with E-state index in [0.717, 1.165) is 42.9 Å². The molecule has 0 aliphatic carbocycles. The van der Waals surface area contributed by atoms with Crippen molar-refractivity contribution in [1.82, 2.24) is 5.32 Å². The number of ether oxygens (including phenoxy) is 2. The van der Waals surface area contributed by atoms with Crippen LogP contribution < -0.4 is 10.1 Å².